The topological polar surface area (TPSA) is 37.4 Å². The summed E-state index contributed by atoms with van der Waals surface area (Å²) in [6.45, 7) is 10.7. The van der Waals surface area contributed by atoms with Crippen LogP contribution in [-0.4, -0.2) is 29.2 Å². The molecule has 16 heavy (non-hydrogen) atoms. The Morgan fingerprint density at radius 2 is 1.81 bits per heavy atom. The van der Waals surface area contributed by atoms with Crippen molar-refractivity contribution in [2.75, 3.05) is 6.54 Å². The molecule has 0 spiro atoms. The molecule has 94 valence electrons. The second-order valence-electron chi connectivity index (χ2n) is 4.94. The van der Waals surface area contributed by atoms with Crippen LogP contribution in [0.5, 0.6) is 0 Å². The SMILES string of the molecule is CC(C)C.CCC(=O)N1CCCC1C(C)=O. The van der Waals surface area contributed by atoms with E-state index in [-0.39, 0.29) is 17.7 Å². The van der Waals surface area contributed by atoms with Crippen molar-refractivity contribution in [2.45, 2.75) is 59.9 Å². The number of Topliss-reactive ketones (excluding diaryl/α,β-unsaturated/α-hetero) is 1. The van der Waals surface area contributed by atoms with Crippen LogP contribution < -0.4 is 0 Å². The summed E-state index contributed by atoms with van der Waals surface area (Å²) in [6, 6.07) is -0.127. The number of carbonyl (C=O) groups excluding carboxylic acids is 2. The Bertz CT molecular complexity index is 233. The first kappa shape index (κ1) is 15.1. The van der Waals surface area contributed by atoms with Crippen LogP contribution in [0, 0.1) is 5.92 Å². The van der Waals surface area contributed by atoms with Crippen molar-refractivity contribution in [3.63, 3.8) is 0 Å². The highest BCUT2D eigenvalue weighted by Gasteiger charge is 2.30. The molecule has 3 nitrogen and oxygen atoms in total. The minimum atomic E-state index is -0.127. The van der Waals surface area contributed by atoms with Crippen LogP contribution >= 0.6 is 0 Å². The summed E-state index contributed by atoms with van der Waals surface area (Å²) in [7, 11) is 0. The fourth-order valence-corrected chi connectivity index (χ4v) is 1.69. The molecule has 1 aliphatic rings. The summed E-state index contributed by atoms with van der Waals surface area (Å²) in [6.07, 6.45) is 2.32. The highest BCUT2D eigenvalue weighted by Crippen LogP contribution is 2.18. The zero-order valence-corrected chi connectivity index (χ0v) is 11.2. The van der Waals surface area contributed by atoms with E-state index in [1.165, 1.54) is 0 Å². The van der Waals surface area contributed by atoms with Crippen LogP contribution in [0.15, 0.2) is 0 Å². The Kier molecular flexibility index (Phi) is 7.02. The molecule has 0 radical (unpaired) electrons. The second-order valence-corrected chi connectivity index (χ2v) is 4.94. The molecule has 1 fully saturated rings. The average molecular weight is 227 g/mol. The van der Waals surface area contributed by atoms with Crippen LogP contribution in [0.2, 0.25) is 0 Å². The number of ketones is 1. The van der Waals surface area contributed by atoms with Crippen molar-refractivity contribution >= 4 is 11.7 Å². The quantitative estimate of drug-likeness (QED) is 0.727. The lowest BCUT2D eigenvalue weighted by Gasteiger charge is -2.21. The van der Waals surface area contributed by atoms with E-state index in [2.05, 4.69) is 20.8 Å². The van der Waals surface area contributed by atoms with Crippen molar-refractivity contribution in [1.29, 1.82) is 0 Å². The Hall–Kier alpha value is -0.860. The zero-order chi connectivity index (χ0) is 12.7. The van der Waals surface area contributed by atoms with Gasteiger partial charge in [0.25, 0.3) is 0 Å². The van der Waals surface area contributed by atoms with Gasteiger partial charge in [-0.25, -0.2) is 0 Å². The van der Waals surface area contributed by atoms with Crippen LogP contribution in [0.25, 0.3) is 0 Å². The van der Waals surface area contributed by atoms with Gasteiger partial charge in [-0.3, -0.25) is 9.59 Å². The van der Waals surface area contributed by atoms with E-state index in [0.717, 1.165) is 25.3 Å². The number of hydrogen-bond donors (Lipinski definition) is 0. The molecule has 0 saturated carbocycles. The molecule has 1 aliphatic heterocycles. The van der Waals surface area contributed by atoms with E-state index < -0.39 is 0 Å². The maximum absolute atomic E-state index is 11.3. The lowest BCUT2D eigenvalue weighted by molar-refractivity contribution is -0.136. The molecule has 1 unspecified atom stereocenters. The first-order chi connectivity index (χ1) is 7.40. The molecule has 1 amide bonds. The van der Waals surface area contributed by atoms with Crippen LogP contribution in [0.1, 0.15) is 53.9 Å². The molecule has 1 saturated heterocycles. The Morgan fingerprint density at radius 3 is 2.19 bits per heavy atom. The Labute approximate surface area is 99.2 Å². The third kappa shape index (κ3) is 5.29. The van der Waals surface area contributed by atoms with Gasteiger partial charge in [-0.05, 0) is 25.7 Å². The van der Waals surface area contributed by atoms with Gasteiger partial charge >= 0.3 is 0 Å². The number of carbonyl (C=O) groups is 2. The molecule has 3 heteroatoms. The second kappa shape index (κ2) is 7.42. The number of amides is 1. The van der Waals surface area contributed by atoms with Gasteiger partial charge in [0.1, 0.15) is 0 Å². The van der Waals surface area contributed by atoms with Crippen LogP contribution in [-0.2, 0) is 9.59 Å². The average Bonchev–Trinajstić information content (AvgIpc) is 2.64. The summed E-state index contributed by atoms with van der Waals surface area (Å²) >= 11 is 0. The van der Waals surface area contributed by atoms with Crippen molar-refractivity contribution < 1.29 is 9.59 Å². The van der Waals surface area contributed by atoms with E-state index in [4.69, 9.17) is 0 Å². The molecule has 0 aromatic carbocycles. The van der Waals surface area contributed by atoms with E-state index in [1.807, 2.05) is 6.92 Å². The van der Waals surface area contributed by atoms with Gasteiger partial charge in [0.2, 0.25) is 5.91 Å². The molecule has 0 N–H and O–H groups in total. The fraction of sp³-hybridized carbons (Fsp3) is 0.846. The molecule has 1 heterocycles. The van der Waals surface area contributed by atoms with Crippen LogP contribution in [0.4, 0.5) is 0 Å². The Balaban J connectivity index is 0.000000487. The van der Waals surface area contributed by atoms with E-state index in [1.54, 1.807) is 11.8 Å². The molecule has 0 aromatic rings. The van der Waals surface area contributed by atoms with Crippen molar-refractivity contribution in [3.05, 3.63) is 0 Å². The summed E-state index contributed by atoms with van der Waals surface area (Å²) < 4.78 is 0. The van der Waals surface area contributed by atoms with Crippen molar-refractivity contribution in [2.24, 2.45) is 5.92 Å². The highest BCUT2D eigenvalue weighted by atomic mass is 16.2. The van der Waals surface area contributed by atoms with Crippen molar-refractivity contribution in [3.8, 4) is 0 Å². The molecular weight excluding hydrogens is 202 g/mol. The largest absolute Gasteiger partial charge is 0.333 e. The van der Waals surface area contributed by atoms with E-state index in [9.17, 15) is 9.59 Å². The van der Waals surface area contributed by atoms with Gasteiger partial charge < -0.3 is 4.90 Å². The molecule has 1 rings (SSSR count). The minimum absolute atomic E-state index is 0.104. The number of hydrogen-bond acceptors (Lipinski definition) is 2. The summed E-state index contributed by atoms with van der Waals surface area (Å²) in [5, 5.41) is 0. The van der Waals surface area contributed by atoms with E-state index in [0.29, 0.717) is 6.42 Å². The van der Waals surface area contributed by atoms with E-state index >= 15 is 0 Å². The minimum Gasteiger partial charge on any atom is -0.333 e. The standard InChI is InChI=1S/C9H15NO2.C4H10/c1-3-9(12)10-6-4-5-8(10)7(2)11;1-4(2)3/h8H,3-6H2,1-2H3;4H,1-3H3. The molecule has 1 atom stereocenters. The number of likely N-dealkylation sites (tertiary alicyclic amines) is 1. The number of rotatable bonds is 2. The van der Waals surface area contributed by atoms with Gasteiger partial charge in [-0.1, -0.05) is 27.7 Å². The van der Waals surface area contributed by atoms with Gasteiger partial charge in [0.05, 0.1) is 6.04 Å². The zero-order valence-electron chi connectivity index (χ0n) is 11.2. The third-order valence-electron chi connectivity index (χ3n) is 2.34. The van der Waals surface area contributed by atoms with Crippen molar-refractivity contribution in [1.82, 2.24) is 4.90 Å². The lowest BCUT2D eigenvalue weighted by atomic mass is 10.1. The summed E-state index contributed by atoms with van der Waals surface area (Å²) in [5.74, 6) is 1.06. The molecular formula is C13H25NO2. The smallest absolute Gasteiger partial charge is 0.222 e. The third-order valence-corrected chi connectivity index (χ3v) is 2.34. The number of nitrogens with zero attached hydrogens (tertiary/aromatic N) is 1. The summed E-state index contributed by atoms with van der Waals surface area (Å²) in [4.78, 5) is 24.1. The van der Waals surface area contributed by atoms with Gasteiger partial charge in [0, 0.05) is 13.0 Å². The molecule has 0 aromatic heterocycles. The lowest BCUT2D eigenvalue weighted by Crippen LogP contribution is -2.39. The first-order valence-electron chi connectivity index (χ1n) is 6.20. The van der Waals surface area contributed by atoms with Gasteiger partial charge in [-0.15, -0.1) is 0 Å². The monoisotopic (exact) mass is 227 g/mol. The van der Waals surface area contributed by atoms with Gasteiger partial charge in [0.15, 0.2) is 5.78 Å². The Morgan fingerprint density at radius 1 is 1.31 bits per heavy atom. The molecule has 0 aliphatic carbocycles. The highest BCUT2D eigenvalue weighted by molar-refractivity contribution is 5.87. The normalized spacial score (nSPS) is 19.4. The maximum atomic E-state index is 11.3. The maximum Gasteiger partial charge on any atom is 0.222 e. The summed E-state index contributed by atoms with van der Waals surface area (Å²) in [5.41, 5.74) is 0. The van der Waals surface area contributed by atoms with Gasteiger partial charge in [-0.2, -0.15) is 0 Å². The first-order valence-corrected chi connectivity index (χ1v) is 6.20. The van der Waals surface area contributed by atoms with Crippen LogP contribution in [0.3, 0.4) is 0 Å². The fourth-order valence-electron chi connectivity index (χ4n) is 1.69. The molecule has 0 bridgehead atoms. The predicted molar refractivity (Wildman–Crippen MR) is 66.2 cm³/mol. The predicted octanol–water partition coefficient (Wildman–Crippen LogP) is 2.64.